The molecule has 7 heteroatoms. The summed E-state index contributed by atoms with van der Waals surface area (Å²) in [6.45, 7) is 0.843. The van der Waals surface area contributed by atoms with Crippen molar-refractivity contribution in [3.05, 3.63) is 65.5 Å². The van der Waals surface area contributed by atoms with Crippen molar-refractivity contribution in [3.63, 3.8) is 0 Å². The van der Waals surface area contributed by atoms with Gasteiger partial charge in [0.1, 0.15) is 5.82 Å². The highest BCUT2D eigenvalue weighted by Crippen LogP contribution is 2.22. The molecule has 146 valence electrons. The predicted octanol–water partition coefficient (Wildman–Crippen LogP) is 2.94. The fourth-order valence-corrected chi connectivity index (χ4v) is 3.29. The van der Waals surface area contributed by atoms with Crippen molar-refractivity contribution < 1.29 is 23.9 Å². The van der Waals surface area contributed by atoms with Gasteiger partial charge in [-0.3, -0.25) is 9.59 Å². The number of nitrogens with zero attached hydrogens (tertiary/aromatic N) is 1. The van der Waals surface area contributed by atoms with Crippen molar-refractivity contribution in [2.75, 3.05) is 18.4 Å². The van der Waals surface area contributed by atoms with Crippen LogP contribution in [0.2, 0.25) is 0 Å². The van der Waals surface area contributed by atoms with Crippen molar-refractivity contribution in [1.29, 1.82) is 0 Å². The van der Waals surface area contributed by atoms with E-state index < -0.39 is 23.6 Å². The van der Waals surface area contributed by atoms with Crippen LogP contribution in [0.1, 0.15) is 28.8 Å². The second kappa shape index (κ2) is 8.65. The van der Waals surface area contributed by atoms with Gasteiger partial charge >= 0.3 is 5.97 Å². The zero-order chi connectivity index (χ0) is 20.1. The molecular formula is C21H21FN2O4. The van der Waals surface area contributed by atoms with Crippen molar-refractivity contribution in [1.82, 2.24) is 4.90 Å². The first-order valence-corrected chi connectivity index (χ1v) is 9.09. The molecule has 0 aliphatic carbocycles. The highest BCUT2D eigenvalue weighted by atomic mass is 19.1. The summed E-state index contributed by atoms with van der Waals surface area (Å²) in [7, 11) is 0. The molecule has 0 spiro atoms. The minimum absolute atomic E-state index is 0.0530. The number of carbonyl (C=O) groups is 3. The molecule has 28 heavy (non-hydrogen) atoms. The first-order valence-electron chi connectivity index (χ1n) is 9.09. The fraction of sp³-hybridized carbons (Fsp3) is 0.286. The van der Waals surface area contributed by atoms with E-state index in [1.165, 1.54) is 0 Å². The Bertz CT molecular complexity index is 885. The lowest BCUT2D eigenvalue weighted by molar-refractivity contribution is -0.133. The minimum atomic E-state index is -1.20. The normalized spacial score (nSPS) is 16.5. The lowest BCUT2D eigenvalue weighted by Gasteiger charge is -2.32. The number of piperidine rings is 1. The van der Waals surface area contributed by atoms with E-state index in [2.05, 4.69) is 5.32 Å². The number of hydrogen-bond acceptors (Lipinski definition) is 3. The number of amides is 2. The largest absolute Gasteiger partial charge is 0.478 e. The SMILES string of the molecule is O=C(O)c1ccc(F)c(NC(=O)C2CCCN(C(=O)Cc3ccccc3)C2)c1. The van der Waals surface area contributed by atoms with Crippen LogP contribution in [0.25, 0.3) is 0 Å². The molecule has 0 bridgehead atoms. The average Bonchev–Trinajstić information content (AvgIpc) is 2.70. The number of hydrogen-bond donors (Lipinski definition) is 2. The van der Waals surface area contributed by atoms with Gasteiger partial charge in [-0.25, -0.2) is 9.18 Å². The third kappa shape index (κ3) is 4.73. The predicted molar refractivity (Wildman–Crippen MR) is 101 cm³/mol. The van der Waals surface area contributed by atoms with E-state index in [4.69, 9.17) is 5.11 Å². The third-order valence-corrected chi connectivity index (χ3v) is 4.81. The quantitative estimate of drug-likeness (QED) is 0.830. The van der Waals surface area contributed by atoms with Crippen LogP contribution in [0.3, 0.4) is 0 Å². The van der Waals surface area contributed by atoms with E-state index in [1.54, 1.807) is 4.90 Å². The summed E-state index contributed by atoms with van der Waals surface area (Å²) in [5.74, 6) is -2.85. The number of aromatic carboxylic acids is 1. The van der Waals surface area contributed by atoms with Gasteiger partial charge in [0, 0.05) is 13.1 Å². The fourth-order valence-electron chi connectivity index (χ4n) is 3.29. The maximum atomic E-state index is 13.9. The van der Waals surface area contributed by atoms with Crippen LogP contribution in [0.5, 0.6) is 0 Å². The molecule has 2 amide bonds. The van der Waals surface area contributed by atoms with Crippen LogP contribution in [-0.2, 0) is 16.0 Å². The van der Waals surface area contributed by atoms with E-state index in [0.717, 1.165) is 23.8 Å². The number of carbonyl (C=O) groups excluding carboxylic acids is 2. The zero-order valence-corrected chi connectivity index (χ0v) is 15.2. The van der Waals surface area contributed by atoms with Gasteiger partial charge in [0.25, 0.3) is 0 Å². The van der Waals surface area contributed by atoms with Gasteiger partial charge in [-0.05, 0) is 36.6 Å². The van der Waals surface area contributed by atoms with E-state index in [-0.39, 0.29) is 30.1 Å². The maximum absolute atomic E-state index is 13.9. The number of likely N-dealkylation sites (tertiary alicyclic amines) is 1. The third-order valence-electron chi connectivity index (χ3n) is 4.81. The summed E-state index contributed by atoms with van der Waals surface area (Å²) in [6, 6.07) is 12.6. The Hall–Kier alpha value is -3.22. The summed E-state index contributed by atoms with van der Waals surface area (Å²) in [5, 5.41) is 11.5. The van der Waals surface area contributed by atoms with Crippen molar-refractivity contribution in [3.8, 4) is 0 Å². The molecule has 6 nitrogen and oxygen atoms in total. The van der Waals surface area contributed by atoms with E-state index in [0.29, 0.717) is 19.4 Å². The van der Waals surface area contributed by atoms with E-state index >= 15 is 0 Å². The van der Waals surface area contributed by atoms with Gasteiger partial charge in [-0.15, -0.1) is 0 Å². The monoisotopic (exact) mass is 384 g/mol. The highest BCUT2D eigenvalue weighted by molar-refractivity contribution is 5.95. The Morgan fingerprint density at radius 2 is 1.89 bits per heavy atom. The molecule has 0 radical (unpaired) electrons. The minimum Gasteiger partial charge on any atom is -0.478 e. The molecule has 2 N–H and O–H groups in total. The molecule has 1 saturated heterocycles. The molecule has 2 aromatic rings. The molecule has 1 atom stereocenters. The molecule has 1 fully saturated rings. The molecule has 0 saturated carbocycles. The molecule has 1 aliphatic rings. The first kappa shape index (κ1) is 19.5. The molecule has 1 unspecified atom stereocenters. The number of benzene rings is 2. The van der Waals surface area contributed by atoms with Crippen molar-refractivity contribution >= 4 is 23.5 Å². The zero-order valence-electron chi connectivity index (χ0n) is 15.2. The van der Waals surface area contributed by atoms with Crippen LogP contribution in [0.4, 0.5) is 10.1 Å². The molecule has 3 rings (SSSR count). The van der Waals surface area contributed by atoms with Crippen molar-refractivity contribution in [2.24, 2.45) is 5.92 Å². The summed E-state index contributed by atoms with van der Waals surface area (Å²) in [5.41, 5.74) is 0.629. The van der Waals surface area contributed by atoms with Crippen molar-refractivity contribution in [2.45, 2.75) is 19.3 Å². The molecule has 1 aliphatic heterocycles. The van der Waals surface area contributed by atoms with Crippen LogP contribution in [0, 0.1) is 11.7 Å². The summed E-state index contributed by atoms with van der Waals surface area (Å²) < 4.78 is 13.9. The Balaban J connectivity index is 1.64. The summed E-state index contributed by atoms with van der Waals surface area (Å²) >= 11 is 0. The van der Waals surface area contributed by atoms with Crippen LogP contribution >= 0.6 is 0 Å². The van der Waals surface area contributed by atoms with Crippen LogP contribution in [-0.4, -0.2) is 40.9 Å². The van der Waals surface area contributed by atoms with Crippen LogP contribution in [0.15, 0.2) is 48.5 Å². The number of halogens is 1. The van der Waals surface area contributed by atoms with Gasteiger partial charge in [0.2, 0.25) is 11.8 Å². The lowest BCUT2D eigenvalue weighted by Crippen LogP contribution is -2.44. The second-order valence-corrected chi connectivity index (χ2v) is 6.83. The average molecular weight is 384 g/mol. The van der Waals surface area contributed by atoms with Gasteiger partial charge < -0.3 is 15.3 Å². The topological polar surface area (TPSA) is 86.7 Å². The maximum Gasteiger partial charge on any atom is 0.335 e. The number of anilines is 1. The standard InChI is InChI=1S/C21H21FN2O4/c22-17-9-8-15(21(27)28)12-18(17)23-20(26)16-7-4-10-24(13-16)19(25)11-14-5-2-1-3-6-14/h1-3,5-6,8-9,12,16H,4,7,10-11,13H2,(H,23,26)(H,27,28). The Morgan fingerprint density at radius 3 is 2.61 bits per heavy atom. The van der Waals surface area contributed by atoms with Crippen LogP contribution < -0.4 is 5.32 Å². The second-order valence-electron chi connectivity index (χ2n) is 6.83. The Kier molecular flexibility index (Phi) is 6.03. The van der Waals surface area contributed by atoms with Gasteiger partial charge in [0.15, 0.2) is 0 Å². The van der Waals surface area contributed by atoms with Gasteiger partial charge in [0.05, 0.1) is 23.6 Å². The Morgan fingerprint density at radius 1 is 1.14 bits per heavy atom. The first-order chi connectivity index (χ1) is 13.4. The highest BCUT2D eigenvalue weighted by Gasteiger charge is 2.29. The molecule has 1 heterocycles. The molecule has 2 aromatic carbocycles. The number of rotatable bonds is 5. The Labute approximate surface area is 162 Å². The number of nitrogens with one attached hydrogen (secondary N) is 1. The van der Waals surface area contributed by atoms with Gasteiger partial charge in [-0.1, -0.05) is 30.3 Å². The summed E-state index contributed by atoms with van der Waals surface area (Å²) in [4.78, 5) is 37.8. The lowest BCUT2D eigenvalue weighted by atomic mass is 9.96. The molecular weight excluding hydrogens is 363 g/mol. The molecule has 0 aromatic heterocycles. The number of carboxylic acids is 1. The van der Waals surface area contributed by atoms with E-state index in [1.807, 2.05) is 30.3 Å². The van der Waals surface area contributed by atoms with E-state index in [9.17, 15) is 18.8 Å². The smallest absolute Gasteiger partial charge is 0.335 e. The number of carboxylic acid groups (broad SMARTS) is 1. The van der Waals surface area contributed by atoms with Gasteiger partial charge in [-0.2, -0.15) is 0 Å². The summed E-state index contributed by atoms with van der Waals surface area (Å²) in [6.07, 6.45) is 1.53.